The SMILES string of the molecule is C1CCCC(NC2C3CNCC32)CC1. The molecule has 0 aromatic carbocycles. The van der Waals surface area contributed by atoms with Crippen molar-refractivity contribution in [1.29, 1.82) is 0 Å². The summed E-state index contributed by atoms with van der Waals surface area (Å²) in [6, 6.07) is 1.74. The van der Waals surface area contributed by atoms with E-state index in [1.807, 2.05) is 0 Å². The van der Waals surface area contributed by atoms with Gasteiger partial charge in [0, 0.05) is 12.1 Å². The van der Waals surface area contributed by atoms with Gasteiger partial charge in [-0.2, -0.15) is 0 Å². The third-order valence-corrected chi connectivity index (χ3v) is 4.38. The second-order valence-electron chi connectivity index (χ2n) is 5.37. The van der Waals surface area contributed by atoms with Crippen molar-refractivity contribution >= 4 is 0 Å². The van der Waals surface area contributed by atoms with Gasteiger partial charge in [-0.1, -0.05) is 25.7 Å². The van der Waals surface area contributed by atoms with Gasteiger partial charge in [0.2, 0.25) is 0 Å². The molecule has 1 aliphatic heterocycles. The summed E-state index contributed by atoms with van der Waals surface area (Å²) in [7, 11) is 0. The van der Waals surface area contributed by atoms with E-state index in [9.17, 15) is 0 Å². The van der Waals surface area contributed by atoms with Crippen molar-refractivity contribution in [3.05, 3.63) is 0 Å². The summed E-state index contributed by atoms with van der Waals surface area (Å²) in [5.74, 6) is 1.97. The molecule has 0 radical (unpaired) electrons. The summed E-state index contributed by atoms with van der Waals surface area (Å²) in [5.41, 5.74) is 0. The van der Waals surface area contributed by atoms with Crippen LogP contribution in [0.25, 0.3) is 0 Å². The van der Waals surface area contributed by atoms with Gasteiger partial charge in [-0.15, -0.1) is 0 Å². The molecule has 0 spiro atoms. The molecule has 2 atom stereocenters. The molecular weight excluding hydrogens is 172 g/mol. The van der Waals surface area contributed by atoms with E-state index in [1.165, 1.54) is 51.6 Å². The number of piperidine rings is 1. The topological polar surface area (TPSA) is 24.1 Å². The highest BCUT2D eigenvalue weighted by atomic mass is 15.1. The van der Waals surface area contributed by atoms with Gasteiger partial charge in [-0.05, 0) is 37.8 Å². The molecule has 1 saturated heterocycles. The first-order valence-corrected chi connectivity index (χ1v) is 6.42. The lowest BCUT2D eigenvalue weighted by Crippen LogP contribution is -2.35. The zero-order valence-electron chi connectivity index (χ0n) is 8.97. The summed E-state index contributed by atoms with van der Waals surface area (Å²) in [5, 5.41) is 7.36. The minimum atomic E-state index is 0.855. The fourth-order valence-corrected chi connectivity index (χ4v) is 3.38. The van der Waals surface area contributed by atoms with Crippen LogP contribution in [0.2, 0.25) is 0 Å². The molecule has 3 fully saturated rings. The molecule has 80 valence electrons. The van der Waals surface area contributed by atoms with Gasteiger partial charge in [0.05, 0.1) is 0 Å². The Hall–Kier alpha value is -0.0800. The van der Waals surface area contributed by atoms with Gasteiger partial charge >= 0.3 is 0 Å². The summed E-state index contributed by atoms with van der Waals surface area (Å²) in [6.07, 6.45) is 8.72. The molecule has 1 heterocycles. The largest absolute Gasteiger partial charge is 0.316 e. The first-order valence-electron chi connectivity index (χ1n) is 6.42. The monoisotopic (exact) mass is 194 g/mol. The first kappa shape index (κ1) is 9.17. The number of hydrogen-bond donors (Lipinski definition) is 2. The van der Waals surface area contributed by atoms with Crippen LogP contribution in [0.15, 0.2) is 0 Å². The Morgan fingerprint density at radius 3 is 2.14 bits per heavy atom. The van der Waals surface area contributed by atoms with Crippen LogP contribution in [0.5, 0.6) is 0 Å². The van der Waals surface area contributed by atoms with Crippen molar-refractivity contribution in [3.8, 4) is 0 Å². The van der Waals surface area contributed by atoms with Crippen LogP contribution in [0.3, 0.4) is 0 Å². The van der Waals surface area contributed by atoms with Gasteiger partial charge in [-0.3, -0.25) is 0 Å². The molecule has 2 heteroatoms. The molecule has 0 bridgehead atoms. The predicted molar refractivity (Wildman–Crippen MR) is 58.3 cm³/mol. The summed E-state index contributed by atoms with van der Waals surface area (Å²) in [4.78, 5) is 0. The highest BCUT2D eigenvalue weighted by Gasteiger charge is 2.53. The molecule has 3 aliphatic rings. The zero-order chi connectivity index (χ0) is 9.38. The van der Waals surface area contributed by atoms with E-state index in [0.29, 0.717) is 0 Å². The van der Waals surface area contributed by atoms with Crippen molar-refractivity contribution in [3.63, 3.8) is 0 Å². The summed E-state index contributed by atoms with van der Waals surface area (Å²) >= 11 is 0. The third kappa shape index (κ3) is 1.70. The number of fused-ring (bicyclic) bond motifs is 1. The zero-order valence-corrected chi connectivity index (χ0v) is 8.97. The van der Waals surface area contributed by atoms with Crippen molar-refractivity contribution in [2.75, 3.05) is 13.1 Å². The van der Waals surface area contributed by atoms with E-state index in [2.05, 4.69) is 10.6 Å². The molecular formula is C12H22N2. The number of nitrogens with one attached hydrogen (secondary N) is 2. The maximum absolute atomic E-state index is 3.89. The van der Waals surface area contributed by atoms with Crippen LogP contribution in [0.4, 0.5) is 0 Å². The van der Waals surface area contributed by atoms with Gasteiger partial charge in [0.25, 0.3) is 0 Å². The second kappa shape index (κ2) is 3.82. The molecule has 2 aliphatic carbocycles. The Balaban J connectivity index is 1.47. The minimum absolute atomic E-state index is 0.855. The van der Waals surface area contributed by atoms with Gasteiger partial charge in [0.1, 0.15) is 0 Å². The molecule has 3 rings (SSSR count). The van der Waals surface area contributed by atoms with Gasteiger partial charge < -0.3 is 10.6 Å². The van der Waals surface area contributed by atoms with Crippen molar-refractivity contribution in [2.45, 2.75) is 50.6 Å². The van der Waals surface area contributed by atoms with Gasteiger partial charge in [0.15, 0.2) is 0 Å². The molecule has 2 unspecified atom stereocenters. The lowest BCUT2D eigenvalue weighted by atomic mass is 10.1. The molecule has 2 nitrogen and oxygen atoms in total. The molecule has 0 aromatic heterocycles. The molecule has 14 heavy (non-hydrogen) atoms. The normalized spacial score (nSPS) is 43.3. The summed E-state index contributed by atoms with van der Waals surface area (Å²) in [6.45, 7) is 2.55. The van der Waals surface area contributed by atoms with Crippen LogP contribution in [-0.2, 0) is 0 Å². The van der Waals surface area contributed by atoms with E-state index >= 15 is 0 Å². The van der Waals surface area contributed by atoms with E-state index < -0.39 is 0 Å². The van der Waals surface area contributed by atoms with E-state index in [4.69, 9.17) is 0 Å². The third-order valence-electron chi connectivity index (χ3n) is 4.38. The first-order chi connectivity index (χ1) is 6.95. The quantitative estimate of drug-likeness (QED) is 0.651. The van der Waals surface area contributed by atoms with Gasteiger partial charge in [-0.25, -0.2) is 0 Å². The maximum atomic E-state index is 3.89. The molecule has 0 amide bonds. The van der Waals surface area contributed by atoms with Crippen LogP contribution in [0, 0.1) is 11.8 Å². The maximum Gasteiger partial charge on any atom is 0.0158 e. The Bertz CT molecular complexity index is 186. The molecule has 2 N–H and O–H groups in total. The van der Waals surface area contributed by atoms with E-state index in [0.717, 1.165) is 23.9 Å². The summed E-state index contributed by atoms with van der Waals surface area (Å²) < 4.78 is 0. The molecule has 2 saturated carbocycles. The van der Waals surface area contributed by atoms with Crippen molar-refractivity contribution < 1.29 is 0 Å². The van der Waals surface area contributed by atoms with Crippen LogP contribution in [0.1, 0.15) is 38.5 Å². The number of hydrogen-bond acceptors (Lipinski definition) is 2. The Labute approximate surface area is 86.8 Å². The highest BCUT2D eigenvalue weighted by Crippen LogP contribution is 2.42. The van der Waals surface area contributed by atoms with Crippen molar-refractivity contribution in [2.24, 2.45) is 11.8 Å². The fourth-order valence-electron chi connectivity index (χ4n) is 3.38. The average Bonchev–Trinajstić information content (AvgIpc) is 2.73. The van der Waals surface area contributed by atoms with Crippen LogP contribution in [-0.4, -0.2) is 25.2 Å². The Morgan fingerprint density at radius 1 is 0.857 bits per heavy atom. The fraction of sp³-hybridized carbons (Fsp3) is 1.00. The Kier molecular flexibility index (Phi) is 2.50. The van der Waals surface area contributed by atoms with Crippen LogP contribution < -0.4 is 10.6 Å². The standard InChI is InChI=1S/C12H22N2/c1-2-4-6-9(5-3-1)14-12-10-7-13-8-11(10)12/h9-14H,1-8H2. The van der Waals surface area contributed by atoms with E-state index in [-0.39, 0.29) is 0 Å². The average molecular weight is 194 g/mol. The minimum Gasteiger partial charge on any atom is -0.316 e. The lowest BCUT2D eigenvalue weighted by molar-refractivity contribution is 0.427. The lowest BCUT2D eigenvalue weighted by Gasteiger charge is -2.17. The van der Waals surface area contributed by atoms with E-state index in [1.54, 1.807) is 0 Å². The molecule has 0 aromatic rings. The van der Waals surface area contributed by atoms with Crippen molar-refractivity contribution in [1.82, 2.24) is 10.6 Å². The number of rotatable bonds is 2. The van der Waals surface area contributed by atoms with Crippen LogP contribution >= 0.6 is 0 Å². The highest BCUT2D eigenvalue weighted by molar-refractivity contribution is 5.09. The Morgan fingerprint density at radius 2 is 1.50 bits per heavy atom. The second-order valence-corrected chi connectivity index (χ2v) is 5.37. The predicted octanol–water partition coefficient (Wildman–Crippen LogP) is 1.52. The smallest absolute Gasteiger partial charge is 0.0158 e.